The van der Waals surface area contributed by atoms with Crippen LogP contribution < -0.4 is 0 Å². The molecule has 2 heterocycles. The van der Waals surface area contributed by atoms with Gasteiger partial charge in [0, 0.05) is 12.4 Å². The van der Waals surface area contributed by atoms with Crippen LogP contribution in [0.2, 0.25) is 0 Å². The maximum Gasteiger partial charge on any atom is 0.338 e. The van der Waals surface area contributed by atoms with Crippen molar-refractivity contribution >= 4 is 11.6 Å². The average Bonchev–Trinajstić information content (AvgIpc) is 2.97. The minimum Gasteiger partial charge on any atom is -0.456 e. The molecule has 3 rings (SSSR count). The summed E-state index contributed by atoms with van der Waals surface area (Å²) in [4.78, 5) is 16.4. The zero-order valence-electron chi connectivity index (χ0n) is 12.0. The topological polar surface area (TPSA) is 67.4 Å². The lowest BCUT2D eigenvalue weighted by Gasteiger charge is -2.02. The zero-order chi connectivity index (χ0) is 15.5. The molecule has 0 aliphatic heterocycles. The molecule has 0 N–H and O–H groups in total. The number of pyridine rings is 1. The molecule has 3 aromatic rings. The lowest BCUT2D eigenvalue weighted by Crippen LogP contribution is -2.05. The van der Waals surface area contributed by atoms with Gasteiger partial charge >= 0.3 is 5.97 Å². The van der Waals surface area contributed by atoms with E-state index in [1.54, 1.807) is 24.3 Å². The fraction of sp³-hybridized carbons (Fsp3) is 0.118. The number of aromatic nitrogens is 2. The van der Waals surface area contributed by atoms with Gasteiger partial charge in [0.05, 0.1) is 22.9 Å². The van der Waals surface area contributed by atoms with E-state index in [0.29, 0.717) is 16.8 Å². The number of hydrogen-bond acceptors (Lipinski definition) is 4. The quantitative estimate of drug-likeness (QED) is 0.696. The number of imidazole rings is 1. The molecule has 0 aliphatic carbocycles. The number of nitriles is 1. The summed E-state index contributed by atoms with van der Waals surface area (Å²) >= 11 is 0. The van der Waals surface area contributed by atoms with Gasteiger partial charge in [0.2, 0.25) is 0 Å². The van der Waals surface area contributed by atoms with Crippen molar-refractivity contribution in [2.75, 3.05) is 0 Å². The van der Waals surface area contributed by atoms with Gasteiger partial charge in [-0.1, -0.05) is 6.07 Å². The predicted molar refractivity (Wildman–Crippen MR) is 80.2 cm³/mol. The van der Waals surface area contributed by atoms with E-state index in [9.17, 15) is 4.79 Å². The monoisotopic (exact) mass is 291 g/mol. The molecule has 0 saturated heterocycles. The largest absolute Gasteiger partial charge is 0.456 e. The summed E-state index contributed by atoms with van der Waals surface area (Å²) in [6.07, 6.45) is 3.75. The number of aryl methyl sites for hydroxylation is 1. The van der Waals surface area contributed by atoms with Crippen molar-refractivity contribution in [2.45, 2.75) is 13.5 Å². The standard InChI is InChI=1S/C17H13N3O2/c1-12-3-2-8-20-10-15(19-16(12)20)11-22-17(21)14-6-4-13(9-18)5-7-14/h2-8,10H,11H2,1H3. The van der Waals surface area contributed by atoms with E-state index in [-0.39, 0.29) is 6.61 Å². The summed E-state index contributed by atoms with van der Waals surface area (Å²) < 4.78 is 7.16. The lowest BCUT2D eigenvalue weighted by molar-refractivity contribution is 0.0468. The maximum absolute atomic E-state index is 12.0. The molecule has 0 unspecified atom stereocenters. The first-order valence-corrected chi connectivity index (χ1v) is 6.78. The highest BCUT2D eigenvalue weighted by molar-refractivity contribution is 5.89. The number of rotatable bonds is 3. The van der Waals surface area contributed by atoms with Crippen LogP contribution in [0.25, 0.3) is 5.65 Å². The predicted octanol–water partition coefficient (Wildman–Crippen LogP) is 2.87. The number of carbonyl (C=O) groups excluding carboxylic acids is 1. The minimum atomic E-state index is -0.432. The van der Waals surface area contributed by atoms with E-state index in [4.69, 9.17) is 10.00 Å². The fourth-order valence-electron chi connectivity index (χ4n) is 2.18. The molecule has 2 aromatic heterocycles. The van der Waals surface area contributed by atoms with Crippen LogP contribution in [-0.4, -0.2) is 15.4 Å². The maximum atomic E-state index is 12.0. The van der Waals surface area contributed by atoms with Crippen LogP contribution in [0.5, 0.6) is 0 Å². The molecule has 0 saturated carbocycles. The summed E-state index contributed by atoms with van der Waals surface area (Å²) in [5.41, 5.74) is 3.53. The number of esters is 1. The zero-order valence-corrected chi connectivity index (χ0v) is 12.0. The molecule has 0 spiro atoms. The molecule has 5 heteroatoms. The number of nitrogens with zero attached hydrogens (tertiary/aromatic N) is 3. The average molecular weight is 291 g/mol. The van der Waals surface area contributed by atoms with E-state index in [1.165, 1.54) is 0 Å². The summed E-state index contributed by atoms with van der Waals surface area (Å²) in [6, 6.07) is 12.3. The van der Waals surface area contributed by atoms with Crippen LogP contribution in [0.3, 0.4) is 0 Å². The SMILES string of the molecule is Cc1cccn2cc(COC(=O)c3ccc(C#N)cc3)nc12. The molecule has 5 nitrogen and oxygen atoms in total. The van der Waals surface area contributed by atoms with E-state index >= 15 is 0 Å². The molecule has 108 valence electrons. The summed E-state index contributed by atoms with van der Waals surface area (Å²) in [5, 5.41) is 8.73. The van der Waals surface area contributed by atoms with Crippen LogP contribution in [0.4, 0.5) is 0 Å². The van der Waals surface area contributed by atoms with E-state index in [2.05, 4.69) is 4.98 Å². The second-order valence-corrected chi connectivity index (χ2v) is 4.92. The van der Waals surface area contributed by atoms with Crippen molar-refractivity contribution in [3.63, 3.8) is 0 Å². The van der Waals surface area contributed by atoms with E-state index < -0.39 is 5.97 Å². The molecular weight excluding hydrogens is 278 g/mol. The van der Waals surface area contributed by atoms with Gasteiger partial charge in [-0.05, 0) is 42.8 Å². The van der Waals surface area contributed by atoms with Crippen LogP contribution >= 0.6 is 0 Å². The fourth-order valence-corrected chi connectivity index (χ4v) is 2.18. The Kier molecular flexibility index (Phi) is 3.58. The molecule has 0 aliphatic rings. The third-order valence-electron chi connectivity index (χ3n) is 3.33. The number of hydrogen-bond donors (Lipinski definition) is 0. The Hall–Kier alpha value is -3.13. The van der Waals surface area contributed by atoms with Crippen molar-refractivity contribution in [1.82, 2.24) is 9.38 Å². The Morgan fingerprint density at radius 2 is 2.09 bits per heavy atom. The van der Waals surface area contributed by atoms with Gasteiger partial charge in [-0.25, -0.2) is 9.78 Å². The number of ether oxygens (including phenoxy) is 1. The van der Waals surface area contributed by atoms with Gasteiger partial charge in [0.1, 0.15) is 12.3 Å². The second kappa shape index (κ2) is 5.70. The van der Waals surface area contributed by atoms with Crippen LogP contribution in [0, 0.1) is 18.3 Å². The van der Waals surface area contributed by atoms with Gasteiger partial charge in [-0.3, -0.25) is 0 Å². The molecule has 0 fully saturated rings. The van der Waals surface area contributed by atoms with Crippen molar-refractivity contribution < 1.29 is 9.53 Å². The summed E-state index contributed by atoms with van der Waals surface area (Å²) in [6.45, 7) is 2.09. The van der Waals surface area contributed by atoms with Gasteiger partial charge < -0.3 is 9.14 Å². The molecule has 0 bridgehead atoms. The van der Waals surface area contributed by atoms with Gasteiger partial charge in [0.15, 0.2) is 0 Å². The molecule has 1 aromatic carbocycles. The van der Waals surface area contributed by atoms with Crippen LogP contribution in [0.15, 0.2) is 48.8 Å². The van der Waals surface area contributed by atoms with E-state index in [0.717, 1.165) is 11.2 Å². The normalized spacial score (nSPS) is 10.4. The van der Waals surface area contributed by atoms with Crippen molar-refractivity contribution in [3.05, 3.63) is 71.2 Å². The first kappa shape index (κ1) is 13.8. The third kappa shape index (κ3) is 2.67. The van der Waals surface area contributed by atoms with Crippen LogP contribution in [0.1, 0.15) is 27.2 Å². The number of carbonyl (C=O) groups is 1. The Balaban J connectivity index is 1.71. The molecule has 0 amide bonds. The van der Waals surface area contributed by atoms with E-state index in [1.807, 2.05) is 41.9 Å². The smallest absolute Gasteiger partial charge is 0.338 e. The van der Waals surface area contributed by atoms with Gasteiger partial charge in [-0.2, -0.15) is 5.26 Å². The lowest BCUT2D eigenvalue weighted by atomic mass is 10.1. The second-order valence-electron chi connectivity index (χ2n) is 4.92. The third-order valence-corrected chi connectivity index (χ3v) is 3.33. The van der Waals surface area contributed by atoms with Crippen LogP contribution in [-0.2, 0) is 11.3 Å². The minimum absolute atomic E-state index is 0.111. The Morgan fingerprint density at radius 1 is 1.32 bits per heavy atom. The highest BCUT2D eigenvalue weighted by Gasteiger charge is 2.09. The van der Waals surface area contributed by atoms with Crippen molar-refractivity contribution in [3.8, 4) is 6.07 Å². The molecule has 0 radical (unpaired) electrons. The first-order chi connectivity index (χ1) is 10.7. The molecule has 0 atom stereocenters. The first-order valence-electron chi connectivity index (χ1n) is 6.78. The summed E-state index contributed by atoms with van der Waals surface area (Å²) in [7, 11) is 0. The highest BCUT2D eigenvalue weighted by atomic mass is 16.5. The van der Waals surface area contributed by atoms with Gasteiger partial charge in [0.25, 0.3) is 0 Å². The van der Waals surface area contributed by atoms with Crippen molar-refractivity contribution in [2.24, 2.45) is 0 Å². The van der Waals surface area contributed by atoms with Crippen molar-refractivity contribution in [1.29, 1.82) is 5.26 Å². The number of fused-ring (bicyclic) bond motifs is 1. The summed E-state index contributed by atoms with van der Waals surface area (Å²) in [5.74, 6) is -0.432. The number of benzene rings is 1. The molecule has 22 heavy (non-hydrogen) atoms. The van der Waals surface area contributed by atoms with Gasteiger partial charge in [-0.15, -0.1) is 0 Å². The Morgan fingerprint density at radius 3 is 2.77 bits per heavy atom. The Bertz CT molecular complexity index is 873. The Labute approximate surface area is 127 Å². The highest BCUT2D eigenvalue weighted by Crippen LogP contribution is 2.12. The molecular formula is C17H13N3O2.